The number of rotatable bonds is 2. The highest BCUT2D eigenvalue weighted by Crippen LogP contribution is 2.32. The number of nitrogens with one attached hydrogen (secondary N) is 1. The van der Waals surface area contributed by atoms with Gasteiger partial charge in [0.25, 0.3) is 0 Å². The smallest absolute Gasteiger partial charge is 0.222 e. The molecule has 1 aromatic carbocycles. The summed E-state index contributed by atoms with van der Waals surface area (Å²) in [6, 6.07) is 5.38. The minimum absolute atomic E-state index is 0.210. The Morgan fingerprint density at radius 1 is 1.26 bits per heavy atom. The molecule has 3 N–H and O–H groups in total. The normalized spacial score (nSPS) is 10.8. The average molecular weight is 293 g/mol. The molecule has 0 radical (unpaired) electrons. The monoisotopic (exact) mass is 292 g/mol. The minimum atomic E-state index is 0.210. The third-order valence-corrected chi connectivity index (χ3v) is 3.36. The van der Waals surface area contributed by atoms with Crippen LogP contribution >= 0.6 is 23.3 Å². The topological polar surface area (TPSA) is 89.6 Å². The summed E-state index contributed by atoms with van der Waals surface area (Å²) in [7, 11) is 0. The van der Waals surface area contributed by atoms with E-state index in [-0.39, 0.29) is 5.95 Å². The van der Waals surface area contributed by atoms with Gasteiger partial charge in [0.15, 0.2) is 0 Å². The van der Waals surface area contributed by atoms with Gasteiger partial charge in [-0.3, -0.25) is 0 Å². The van der Waals surface area contributed by atoms with Crippen LogP contribution in [0.4, 0.5) is 17.5 Å². The lowest BCUT2D eigenvalue weighted by Crippen LogP contribution is -2.02. The van der Waals surface area contributed by atoms with E-state index in [1.54, 1.807) is 12.1 Å². The molecule has 0 aliphatic carbocycles. The van der Waals surface area contributed by atoms with Gasteiger partial charge in [-0.2, -0.15) is 13.7 Å². The fourth-order valence-corrected chi connectivity index (χ4v) is 2.47. The van der Waals surface area contributed by atoms with Gasteiger partial charge in [-0.25, -0.2) is 4.98 Å². The zero-order valence-electron chi connectivity index (χ0n) is 9.88. The average Bonchev–Trinajstić information content (AvgIpc) is 2.80. The summed E-state index contributed by atoms with van der Waals surface area (Å²) in [4.78, 5) is 8.13. The van der Waals surface area contributed by atoms with Gasteiger partial charge >= 0.3 is 0 Å². The van der Waals surface area contributed by atoms with Crippen LogP contribution in [0.1, 0.15) is 5.69 Å². The summed E-state index contributed by atoms with van der Waals surface area (Å²) >= 11 is 7.33. The number of nitrogens with zero attached hydrogens (tertiary/aromatic N) is 4. The van der Waals surface area contributed by atoms with Gasteiger partial charge in [0.1, 0.15) is 16.9 Å². The van der Waals surface area contributed by atoms with Crippen molar-refractivity contribution in [3.8, 4) is 0 Å². The molecule has 0 amide bonds. The van der Waals surface area contributed by atoms with E-state index in [1.807, 2.05) is 13.0 Å². The van der Waals surface area contributed by atoms with Crippen molar-refractivity contribution in [2.24, 2.45) is 0 Å². The lowest BCUT2D eigenvalue weighted by atomic mass is 10.2. The fourth-order valence-electron chi connectivity index (χ4n) is 1.73. The van der Waals surface area contributed by atoms with Crippen molar-refractivity contribution in [2.75, 3.05) is 11.1 Å². The molecule has 0 saturated carbocycles. The Balaban J connectivity index is 2.09. The Hall–Kier alpha value is -1.99. The largest absolute Gasteiger partial charge is 0.368 e. The first kappa shape index (κ1) is 12.1. The standard InChI is InChI=1S/C11H9ClN6S/c1-5-4-8(16-11(13)14-5)15-9-6(12)2-3-7-10(9)18-19-17-7/h2-4H,1H3,(H3,13,14,15,16). The van der Waals surface area contributed by atoms with Crippen LogP contribution in [0.25, 0.3) is 11.0 Å². The Bertz CT molecular complexity index is 736. The molecule has 3 rings (SSSR count). The summed E-state index contributed by atoms with van der Waals surface area (Å²) in [5.41, 5.74) is 8.57. The maximum Gasteiger partial charge on any atom is 0.222 e. The zero-order chi connectivity index (χ0) is 13.4. The van der Waals surface area contributed by atoms with Crippen molar-refractivity contribution in [1.82, 2.24) is 18.7 Å². The minimum Gasteiger partial charge on any atom is -0.368 e. The molecule has 2 aromatic heterocycles. The van der Waals surface area contributed by atoms with Gasteiger partial charge in [-0.1, -0.05) is 11.6 Å². The van der Waals surface area contributed by atoms with Crippen LogP contribution in [0.2, 0.25) is 5.02 Å². The second-order valence-electron chi connectivity index (χ2n) is 3.93. The number of hydrogen-bond acceptors (Lipinski definition) is 7. The van der Waals surface area contributed by atoms with Crippen molar-refractivity contribution in [3.05, 3.63) is 28.9 Å². The van der Waals surface area contributed by atoms with Crippen LogP contribution in [-0.4, -0.2) is 18.7 Å². The highest BCUT2D eigenvalue weighted by Gasteiger charge is 2.11. The lowest BCUT2D eigenvalue weighted by Gasteiger charge is -2.08. The summed E-state index contributed by atoms with van der Waals surface area (Å²) in [6.07, 6.45) is 0. The molecular formula is C11H9ClN6S. The van der Waals surface area contributed by atoms with Crippen LogP contribution in [-0.2, 0) is 0 Å². The van der Waals surface area contributed by atoms with E-state index in [2.05, 4.69) is 24.0 Å². The SMILES string of the molecule is Cc1cc(Nc2c(Cl)ccc3nsnc23)nc(N)n1. The van der Waals surface area contributed by atoms with E-state index in [0.29, 0.717) is 22.0 Å². The van der Waals surface area contributed by atoms with E-state index >= 15 is 0 Å². The van der Waals surface area contributed by atoms with Gasteiger partial charge in [0.05, 0.1) is 22.4 Å². The summed E-state index contributed by atoms with van der Waals surface area (Å²) < 4.78 is 8.40. The van der Waals surface area contributed by atoms with Crippen LogP contribution in [0.5, 0.6) is 0 Å². The summed E-state index contributed by atoms with van der Waals surface area (Å²) in [5.74, 6) is 0.787. The molecule has 3 aromatic rings. The molecule has 0 fully saturated rings. The molecule has 8 heteroatoms. The molecule has 0 aliphatic heterocycles. The van der Waals surface area contributed by atoms with Crippen LogP contribution < -0.4 is 11.1 Å². The van der Waals surface area contributed by atoms with Crippen LogP contribution in [0.15, 0.2) is 18.2 Å². The molecule has 0 unspecified atom stereocenters. The van der Waals surface area contributed by atoms with E-state index in [4.69, 9.17) is 17.3 Å². The van der Waals surface area contributed by atoms with Crippen molar-refractivity contribution >= 4 is 51.8 Å². The number of nitrogen functional groups attached to an aromatic ring is 1. The summed E-state index contributed by atoms with van der Waals surface area (Å²) in [5, 5.41) is 3.68. The Morgan fingerprint density at radius 3 is 2.89 bits per heavy atom. The fraction of sp³-hybridized carbons (Fsp3) is 0.0909. The predicted molar refractivity (Wildman–Crippen MR) is 76.9 cm³/mol. The van der Waals surface area contributed by atoms with Gasteiger partial charge < -0.3 is 11.1 Å². The number of benzene rings is 1. The second-order valence-corrected chi connectivity index (χ2v) is 4.87. The Labute approximate surface area is 118 Å². The maximum atomic E-state index is 6.19. The third kappa shape index (κ3) is 2.29. The summed E-state index contributed by atoms with van der Waals surface area (Å²) in [6.45, 7) is 1.84. The second kappa shape index (κ2) is 4.60. The van der Waals surface area contributed by atoms with Crippen molar-refractivity contribution < 1.29 is 0 Å². The Kier molecular flexibility index (Phi) is 2.92. The molecule has 0 atom stereocenters. The number of anilines is 3. The first-order valence-electron chi connectivity index (χ1n) is 5.42. The van der Waals surface area contributed by atoms with E-state index in [1.165, 1.54) is 0 Å². The van der Waals surface area contributed by atoms with Crippen molar-refractivity contribution in [3.63, 3.8) is 0 Å². The lowest BCUT2D eigenvalue weighted by molar-refractivity contribution is 1.12. The van der Waals surface area contributed by atoms with Crippen molar-refractivity contribution in [1.29, 1.82) is 0 Å². The van der Waals surface area contributed by atoms with E-state index < -0.39 is 0 Å². The maximum absolute atomic E-state index is 6.19. The van der Waals surface area contributed by atoms with Gasteiger partial charge in [0, 0.05) is 11.8 Å². The number of aryl methyl sites for hydroxylation is 1. The van der Waals surface area contributed by atoms with E-state index in [9.17, 15) is 0 Å². The Morgan fingerprint density at radius 2 is 2.11 bits per heavy atom. The number of aromatic nitrogens is 4. The van der Waals surface area contributed by atoms with Crippen LogP contribution in [0, 0.1) is 6.92 Å². The first-order valence-corrected chi connectivity index (χ1v) is 6.53. The molecule has 19 heavy (non-hydrogen) atoms. The van der Waals surface area contributed by atoms with Gasteiger partial charge in [0.2, 0.25) is 5.95 Å². The number of nitrogens with two attached hydrogens (primary N) is 1. The van der Waals surface area contributed by atoms with Crippen molar-refractivity contribution in [2.45, 2.75) is 6.92 Å². The van der Waals surface area contributed by atoms with Gasteiger partial charge in [-0.05, 0) is 19.1 Å². The first-order chi connectivity index (χ1) is 9.13. The molecule has 96 valence electrons. The third-order valence-electron chi connectivity index (χ3n) is 2.50. The van der Waals surface area contributed by atoms with E-state index in [0.717, 1.165) is 22.9 Å². The van der Waals surface area contributed by atoms with Gasteiger partial charge in [-0.15, -0.1) is 0 Å². The highest BCUT2D eigenvalue weighted by molar-refractivity contribution is 7.00. The predicted octanol–water partition coefficient (Wildman–Crippen LogP) is 2.77. The zero-order valence-corrected chi connectivity index (χ0v) is 11.5. The number of halogens is 1. The molecule has 2 heterocycles. The molecular weight excluding hydrogens is 284 g/mol. The molecule has 0 bridgehead atoms. The molecule has 0 aliphatic rings. The number of fused-ring (bicyclic) bond motifs is 1. The molecule has 6 nitrogen and oxygen atoms in total. The molecule has 0 saturated heterocycles. The highest BCUT2D eigenvalue weighted by atomic mass is 35.5. The van der Waals surface area contributed by atoms with Crippen LogP contribution in [0.3, 0.4) is 0 Å². The quantitative estimate of drug-likeness (QED) is 0.755. The number of hydrogen-bond donors (Lipinski definition) is 2. The molecule has 0 spiro atoms.